The lowest BCUT2D eigenvalue weighted by Crippen LogP contribution is -2.42. The van der Waals surface area contributed by atoms with Crippen molar-refractivity contribution in [3.8, 4) is 5.88 Å². The molecule has 2 aromatic heterocycles. The van der Waals surface area contributed by atoms with E-state index in [1.165, 1.54) is 11.8 Å². The topological polar surface area (TPSA) is 68.2 Å². The zero-order chi connectivity index (χ0) is 17.8. The molecule has 0 N–H and O–H groups in total. The number of rotatable bonds is 4. The normalized spacial score (nSPS) is 15.2. The summed E-state index contributed by atoms with van der Waals surface area (Å²) in [7, 11) is 0. The van der Waals surface area contributed by atoms with Crippen LogP contribution in [0.2, 0.25) is 0 Å². The molecule has 132 valence electrons. The molecular formula is C18H22N4O2S. The fraction of sp³-hybridized carbons (Fsp3) is 0.444. The third-order valence-electron chi connectivity index (χ3n) is 4.15. The second-order valence-electron chi connectivity index (χ2n) is 6.06. The van der Waals surface area contributed by atoms with Crippen molar-refractivity contribution in [2.45, 2.75) is 37.8 Å². The monoisotopic (exact) mass is 358 g/mol. The molecule has 25 heavy (non-hydrogen) atoms. The number of amides is 1. The molecule has 0 unspecified atom stereocenters. The van der Waals surface area contributed by atoms with E-state index < -0.39 is 0 Å². The zero-order valence-corrected chi connectivity index (χ0v) is 15.5. The minimum absolute atomic E-state index is 0.0459. The molecule has 0 atom stereocenters. The van der Waals surface area contributed by atoms with Gasteiger partial charge in [0.15, 0.2) is 0 Å². The highest BCUT2D eigenvalue weighted by Crippen LogP contribution is 2.22. The minimum Gasteiger partial charge on any atom is -0.474 e. The van der Waals surface area contributed by atoms with Gasteiger partial charge in [-0.2, -0.15) is 4.98 Å². The highest BCUT2D eigenvalue weighted by molar-refractivity contribution is 7.98. The lowest BCUT2D eigenvalue weighted by Gasteiger charge is -2.32. The zero-order valence-electron chi connectivity index (χ0n) is 14.7. The van der Waals surface area contributed by atoms with Crippen LogP contribution in [0.4, 0.5) is 0 Å². The smallest absolute Gasteiger partial charge is 0.256 e. The number of aryl methyl sites for hydroxylation is 2. The molecule has 1 aliphatic heterocycles. The van der Waals surface area contributed by atoms with Gasteiger partial charge in [0.05, 0.1) is 5.56 Å². The molecule has 0 aliphatic carbocycles. The van der Waals surface area contributed by atoms with E-state index in [4.69, 9.17) is 4.74 Å². The molecule has 7 heteroatoms. The van der Waals surface area contributed by atoms with Gasteiger partial charge >= 0.3 is 0 Å². The SMILES string of the molecule is CSc1ncccc1C(=O)N1CCC(Oc2cc(C)nc(C)n2)CC1. The molecule has 0 radical (unpaired) electrons. The molecule has 3 rings (SSSR count). The van der Waals surface area contributed by atoms with Crippen molar-refractivity contribution in [3.63, 3.8) is 0 Å². The summed E-state index contributed by atoms with van der Waals surface area (Å²) in [5, 5.41) is 0.776. The Bertz CT molecular complexity index is 740. The van der Waals surface area contributed by atoms with Gasteiger partial charge in [0.2, 0.25) is 5.88 Å². The molecule has 1 amide bonds. The highest BCUT2D eigenvalue weighted by Gasteiger charge is 2.26. The van der Waals surface area contributed by atoms with E-state index >= 15 is 0 Å². The summed E-state index contributed by atoms with van der Waals surface area (Å²) < 4.78 is 5.99. The number of carbonyl (C=O) groups excluding carboxylic acids is 1. The first kappa shape index (κ1) is 17.7. The summed E-state index contributed by atoms with van der Waals surface area (Å²) in [6, 6.07) is 5.50. The average Bonchev–Trinajstić information content (AvgIpc) is 2.61. The maximum atomic E-state index is 12.7. The van der Waals surface area contributed by atoms with E-state index in [0.717, 1.165) is 23.6 Å². The van der Waals surface area contributed by atoms with Crippen molar-refractivity contribution in [1.82, 2.24) is 19.9 Å². The first-order chi connectivity index (χ1) is 12.1. The standard InChI is InChI=1S/C18H22N4O2S/c1-12-11-16(21-13(2)20-12)24-14-6-9-22(10-7-14)18(23)15-5-4-8-19-17(15)25-3/h4-5,8,11,14H,6-7,9-10H2,1-3H3. The van der Waals surface area contributed by atoms with Crippen molar-refractivity contribution in [2.24, 2.45) is 0 Å². The Hall–Kier alpha value is -2.15. The summed E-state index contributed by atoms with van der Waals surface area (Å²) in [5.74, 6) is 1.38. The lowest BCUT2D eigenvalue weighted by molar-refractivity contribution is 0.0583. The van der Waals surface area contributed by atoms with Gasteiger partial charge in [-0.15, -0.1) is 11.8 Å². The second-order valence-corrected chi connectivity index (χ2v) is 6.86. The van der Waals surface area contributed by atoms with Crippen LogP contribution in [0.25, 0.3) is 0 Å². The molecule has 3 heterocycles. The third-order valence-corrected chi connectivity index (χ3v) is 4.87. The summed E-state index contributed by atoms with van der Waals surface area (Å²) in [6.45, 7) is 5.14. The number of carbonyl (C=O) groups is 1. The van der Waals surface area contributed by atoms with Gasteiger partial charge in [0.25, 0.3) is 5.91 Å². The van der Waals surface area contributed by atoms with Crippen LogP contribution in [0.3, 0.4) is 0 Å². The lowest BCUT2D eigenvalue weighted by atomic mass is 10.1. The molecule has 6 nitrogen and oxygen atoms in total. The van der Waals surface area contributed by atoms with Crippen molar-refractivity contribution < 1.29 is 9.53 Å². The molecule has 0 bridgehead atoms. The van der Waals surface area contributed by atoms with Crippen LogP contribution in [0.15, 0.2) is 29.4 Å². The predicted molar refractivity (Wildman–Crippen MR) is 97.1 cm³/mol. The fourth-order valence-electron chi connectivity index (χ4n) is 2.98. The Morgan fingerprint density at radius 1 is 1.28 bits per heavy atom. The number of thioether (sulfide) groups is 1. The number of nitrogens with zero attached hydrogens (tertiary/aromatic N) is 4. The molecule has 1 saturated heterocycles. The largest absolute Gasteiger partial charge is 0.474 e. The molecule has 0 aromatic carbocycles. The molecule has 1 fully saturated rings. The number of pyridine rings is 1. The van der Waals surface area contributed by atoms with E-state index in [1.807, 2.05) is 43.2 Å². The van der Waals surface area contributed by atoms with Gasteiger partial charge in [0, 0.05) is 43.9 Å². The molecule has 2 aromatic rings. The van der Waals surface area contributed by atoms with E-state index in [1.54, 1.807) is 6.20 Å². The van der Waals surface area contributed by atoms with Crippen molar-refractivity contribution >= 4 is 17.7 Å². The Balaban J connectivity index is 1.60. The Morgan fingerprint density at radius 2 is 2.04 bits per heavy atom. The molecule has 1 aliphatic rings. The van der Waals surface area contributed by atoms with E-state index in [-0.39, 0.29) is 12.0 Å². The van der Waals surface area contributed by atoms with Crippen LogP contribution in [0.5, 0.6) is 5.88 Å². The van der Waals surface area contributed by atoms with Gasteiger partial charge in [-0.25, -0.2) is 9.97 Å². The van der Waals surface area contributed by atoms with Gasteiger partial charge < -0.3 is 9.64 Å². The van der Waals surface area contributed by atoms with Crippen LogP contribution in [-0.4, -0.2) is 51.2 Å². The molecule has 0 spiro atoms. The third kappa shape index (κ3) is 4.28. The average molecular weight is 358 g/mol. The summed E-state index contributed by atoms with van der Waals surface area (Å²) in [4.78, 5) is 27.5. The minimum atomic E-state index is 0.0459. The first-order valence-corrected chi connectivity index (χ1v) is 9.56. The number of aromatic nitrogens is 3. The van der Waals surface area contributed by atoms with Crippen molar-refractivity contribution in [2.75, 3.05) is 19.3 Å². The maximum Gasteiger partial charge on any atom is 0.256 e. The van der Waals surface area contributed by atoms with E-state index in [9.17, 15) is 4.79 Å². The number of hydrogen-bond acceptors (Lipinski definition) is 6. The summed E-state index contributed by atoms with van der Waals surface area (Å²) in [6.07, 6.45) is 5.32. The fourth-order valence-corrected chi connectivity index (χ4v) is 3.52. The molecular weight excluding hydrogens is 336 g/mol. The summed E-state index contributed by atoms with van der Waals surface area (Å²) >= 11 is 1.50. The van der Waals surface area contributed by atoms with Crippen molar-refractivity contribution in [3.05, 3.63) is 41.5 Å². The number of piperidine rings is 1. The molecule has 0 saturated carbocycles. The van der Waals surface area contributed by atoms with Crippen molar-refractivity contribution in [1.29, 1.82) is 0 Å². The highest BCUT2D eigenvalue weighted by atomic mass is 32.2. The van der Waals surface area contributed by atoms with Crippen LogP contribution < -0.4 is 4.74 Å². The van der Waals surface area contributed by atoms with Crippen LogP contribution >= 0.6 is 11.8 Å². The van der Waals surface area contributed by atoms with Gasteiger partial charge in [-0.3, -0.25) is 4.79 Å². The number of ether oxygens (including phenoxy) is 1. The maximum absolute atomic E-state index is 12.7. The van der Waals surface area contributed by atoms with Gasteiger partial charge in [-0.1, -0.05) is 0 Å². The predicted octanol–water partition coefficient (Wildman–Crippen LogP) is 2.89. The summed E-state index contributed by atoms with van der Waals surface area (Å²) in [5.41, 5.74) is 1.58. The quantitative estimate of drug-likeness (QED) is 0.783. The van der Waals surface area contributed by atoms with Crippen LogP contribution in [0, 0.1) is 13.8 Å². The van der Waals surface area contributed by atoms with E-state index in [0.29, 0.717) is 30.4 Å². The van der Waals surface area contributed by atoms with Crippen LogP contribution in [0.1, 0.15) is 34.7 Å². The number of likely N-dealkylation sites (tertiary alicyclic amines) is 1. The number of hydrogen-bond donors (Lipinski definition) is 0. The van der Waals surface area contributed by atoms with Crippen LogP contribution in [-0.2, 0) is 0 Å². The Kier molecular flexibility index (Phi) is 5.53. The Labute approximate surface area is 152 Å². The first-order valence-electron chi connectivity index (χ1n) is 8.34. The Morgan fingerprint density at radius 3 is 2.72 bits per heavy atom. The van der Waals surface area contributed by atoms with Gasteiger partial charge in [-0.05, 0) is 32.2 Å². The van der Waals surface area contributed by atoms with E-state index in [2.05, 4.69) is 15.0 Å². The van der Waals surface area contributed by atoms with Gasteiger partial charge in [0.1, 0.15) is 17.0 Å². The second kappa shape index (κ2) is 7.82.